The minimum Gasteiger partial charge on any atom is -0.497 e. The van der Waals surface area contributed by atoms with Gasteiger partial charge in [0.1, 0.15) is 11.5 Å². The Kier molecular flexibility index (Phi) is 9.51. The van der Waals surface area contributed by atoms with Crippen LogP contribution in [0.15, 0.2) is 48.5 Å². The van der Waals surface area contributed by atoms with Crippen LogP contribution in [0.4, 0.5) is 0 Å². The van der Waals surface area contributed by atoms with Crippen molar-refractivity contribution in [3.8, 4) is 11.5 Å². The predicted molar refractivity (Wildman–Crippen MR) is 116 cm³/mol. The van der Waals surface area contributed by atoms with E-state index in [0.29, 0.717) is 18.2 Å². The minimum absolute atomic E-state index is 0.284. The highest BCUT2D eigenvalue weighted by Crippen LogP contribution is 2.15. The van der Waals surface area contributed by atoms with E-state index in [-0.39, 0.29) is 5.97 Å². The van der Waals surface area contributed by atoms with Gasteiger partial charge in [-0.25, -0.2) is 4.79 Å². The van der Waals surface area contributed by atoms with Crippen molar-refractivity contribution in [1.82, 2.24) is 4.90 Å². The summed E-state index contributed by atoms with van der Waals surface area (Å²) in [6.07, 6.45) is 2.86. The number of unbranched alkanes of at least 4 members (excludes halogenated alkanes) is 1. The van der Waals surface area contributed by atoms with Crippen LogP contribution in [0.3, 0.4) is 0 Å². The van der Waals surface area contributed by atoms with Crippen LogP contribution in [0.25, 0.3) is 0 Å². The van der Waals surface area contributed by atoms with Gasteiger partial charge in [-0.1, -0.05) is 19.1 Å². The normalized spacial score (nSPS) is 11.9. The van der Waals surface area contributed by atoms with E-state index in [9.17, 15) is 4.79 Å². The van der Waals surface area contributed by atoms with Gasteiger partial charge in [0.2, 0.25) is 0 Å². The monoisotopic (exact) mass is 399 g/mol. The molecule has 0 saturated heterocycles. The van der Waals surface area contributed by atoms with Crippen molar-refractivity contribution in [2.75, 3.05) is 33.9 Å². The van der Waals surface area contributed by atoms with E-state index < -0.39 is 0 Å². The first-order valence-electron chi connectivity index (χ1n) is 10.3. The number of benzene rings is 2. The van der Waals surface area contributed by atoms with Crippen LogP contribution in [0.5, 0.6) is 11.5 Å². The third-order valence-electron chi connectivity index (χ3n) is 5.12. The number of carbonyl (C=O) groups is 1. The molecule has 0 fully saturated rings. The minimum atomic E-state index is -0.284. The number of hydrogen-bond acceptors (Lipinski definition) is 5. The molecule has 1 unspecified atom stereocenters. The Bertz CT molecular complexity index is 728. The zero-order valence-corrected chi connectivity index (χ0v) is 18.0. The molecule has 0 aliphatic carbocycles. The first kappa shape index (κ1) is 22.8. The van der Waals surface area contributed by atoms with Crippen LogP contribution in [0.2, 0.25) is 0 Å². The second kappa shape index (κ2) is 12.1. The maximum Gasteiger partial charge on any atom is 0.338 e. The lowest BCUT2D eigenvalue weighted by atomic mass is 10.1. The highest BCUT2D eigenvalue weighted by Gasteiger charge is 2.13. The van der Waals surface area contributed by atoms with Gasteiger partial charge in [0.15, 0.2) is 0 Å². The standard InChI is InChI=1S/C24H33NO4/c1-5-25(19(2)18-20-8-12-22(27-3)13-9-20)16-6-7-17-29-24(26)21-10-14-23(28-4)15-11-21/h8-15,19H,5-7,16-18H2,1-4H3. The summed E-state index contributed by atoms with van der Waals surface area (Å²) < 4.78 is 15.7. The zero-order valence-electron chi connectivity index (χ0n) is 18.0. The first-order chi connectivity index (χ1) is 14.1. The maximum atomic E-state index is 12.1. The largest absolute Gasteiger partial charge is 0.497 e. The number of likely N-dealkylation sites (N-methyl/N-ethyl adjacent to an activating group) is 1. The van der Waals surface area contributed by atoms with Gasteiger partial charge >= 0.3 is 5.97 Å². The Balaban J connectivity index is 1.69. The zero-order chi connectivity index (χ0) is 21.1. The van der Waals surface area contributed by atoms with Crippen molar-refractivity contribution in [2.45, 2.75) is 39.2 Å². The molecule has 0 aliphatic rings. The fourth-order valence-corrected chi connectivity index (χ4v) is 3.31. The fourth-order valence-electron chi connectivity index (χ4n) is 3.31. The highest BCUT2D eigenvalue weighted by atomic mass is 16.5. The molecule has 0 spiro atoms. The molecule has 0 saturated carbocycles. The molecule has 0 heterocycles. The third kappa shape index (κ3) is 7.42. The number of esters is 1. The summed E-state index contributed by atoms with van der Waals surface area (Å²) in [7, 11) is 3.29. The summed E-state index contributed by atoms with van der Waals surface area (Å²) in [5, 5.41) is 0. The highest BCUT2D eigenvalue weighted by molar-refractivity contribution is 5.89. The molecule has 0 amide bonds. The van der Waals surface area contributed by atoms with Crippen LogP contribution in [-0.4, -0.2) is 50.8 Å². The lowest BCUT2D eigenvalue weighted by molar-refractivity contribution is 0.0493. The number of rotatable bonds is 12. The van der Waals surface area contributed by atoms with Gasteiger partial charge in [-0.3, -0.25) is 0 Å². The van der Waals surface area contributed by atoms with Gasteiger partial charge in [-0.15, -0.1) is 0 Å². The van der Waals surface area contributed by atoms with E-state index in [1.54, 1.807) is 38.5 Å². The van der Waals surface area contributed by atoms with Crippen molar-refractivity contribution in [3.63, 3.8) is 0 Å². The molecule has 5 nitrogen and oxygen atoms in total. The second-order valence-electron chi connectivity index (χ2n) is 7.10. The van der Waals surface area contributed by atoms with Crippen molar-refractivity contribution < 1.29 is 19.0 Å². The lowest BCUT2D eigenvalue weighted by Crippen LogP contribution is -2.35. The topological polar surface area (TPSA) is 48.0 Å². The summed E-state index contributed by atoms with van der Waals surface area (Å²) in [5.41, 5.74) is 1.86. The summed E-state index contributed by atoms with van der Waals surface area (Å²) >= 11 is 0. The van der Waals surface area contributed by atoms with E-state index in [1.165, 1.54) is 5.56 Å². The number of hydrogen-bond donors (Lipinski definition) is 0. The summed E-state index contributed by atoms with van der Waals surface area (Å²) in [6.45, 7) is 6.89. The van der Waals surface area contributed by atoms with E-state index in [4.69, 9.17) is 14.2 Å². The molecular formula is C24H33NO4. The van der Waals surface area contributed by atoms with Crippen LogP contribution < -0.4 is 9.47 Å². The summed E-state index contributed by atoms with van der Waals surface area (Å²) in [5.74, 6) is 1.33. The van der Waals surface area contributed by atoms with Crippen LogP contribution in [0.1, 0.15) is 42.6 Å². The molecule has 5 heteroatoms. The average Bonchev–Trinajstić information content (AvgIpc) is 2.76. The van der Waals surface area contributed by atoms with E-state index in [1.807, 2.05) is 12.1 Å². The Labute approximate surface area is 174 Å². The predicted octanol–water partition coefficient (Wildman–Crippen LogP) is 4.59. The quantitative estimate of drug-likeness (QED) is 0.386. The molecular weight excluding hydrogens is 366 g/mol. The molecule has 0 bridgehead atoms. The maximum absolute atomic E-state index is 12.1. The molecule has 0 N–H and O–H groups in total. The number of ether oxygens (including phenoxy) is 3. The Hall–Kier alpha value is -2.53. The van der Waals surface area contributed by atoms with Crippen LogP contribution >= 0.6 is 0 Å². The molecule has 0 radical (unpaired) electrons. The van der Waals surface area contributed by atoms with E-state index in [0.717, 1.165) is 43.9 Å². The summed E-state index contributed by atoms with van der Waals surface area (Å²) in [6, 6.07) is 15.7. The molecule has 1 atom stereocenters. The third-order valence-corrected chi connectivity index (χ3v) is 5.12. The molecule has 0 aromatic heterocycles. The van der Waals surface area contributed by atoms with Crippen molar-refractivity contribution in [2.24, 2.45) is 0 Å². The van der Waals surface area contributed by atoms with Gasteiger partial charge in [-0.05, 0) is 81.2 Å². The molecule has 2 rings (SSSR count). The molecule has 0 aliphatic heterocycles. The first-order valence-corrected chi connectivity index (χ1v) is 10.3. The number of methoxy groups -OCH3 is 2. The van der Waals surface area contributed by atoms with E-state index >= 15 is 0 Å². The Morgan fingerprint density at radius 3 is 2.07 bits per heavy atom. The van der Waals surface area contributed by atoms with Crippen molar-refractivity contribution >= 4 is 5.97 Å². The summed E-state index contributed by atoms with van der Waals surface area (Å²) in [4.78, 5) is 14.5. The van der Waals surface area contributed by atoms with Crippen LogP contribution in [-0.2, 0) is 11.2 Å². The van der Waals surface area contributed by atoms with Crippen LogP contribution in [0, 0.1) is 0 Å². The average molecular weight is 400 g/mol. The van der Waals surface area contributed by atoms with Crippen molar-refractivity contribution in [1.29, 1.82) is 0 Å². The van der Waals surface area contributed by atoms with Gasteiger partial charge in [0.25, 0.3) is 0 Å². The van der Waals surface area contributed by atoms with Gasteiger partial charge in [0, 0.05) is 6.04 Å². The lowest BCUT2D eigenvalue weighted by Gasteiger charge is -2.28. The molecule has 29 heavy (non-hydrogen) atoms. The van der Waals surface area contributed by atoms with Gasteiger partial charge in [0.05, 0.1) is 26.4 Å². The molecule has 158 valence electrons. The van der Waals surface area contributed by atoms with Gasteiger partial charge < -0.3 is 19.1 Å². The van der Waals surface area contributed by atoms with Crippen molar-refractivity contribution in [3.05, 3.63) is 59.7 Å². The van der Waals surface area contributed by atoms with E-state index in [2.05, 4.69) is 30.9 Å². The number of nitrogens with zero attached hydrogens (tertiary/aromatic N) is 1. The molecule has 2 aromatic carbocycles. The molecule has 2 aromatic rings. The SMILES string of the molecule is CCN(CCCCOC(=O)c1ccc(OC)cc1)C(C)Cc1ccc(OC)cc1. The Morgan fingerprint density at radius 1 is 0.931 bits per heavy atom. The number of carbonyl (C=O) groups excluding carboxylic acids is 1. The smallest absolute Gasteiger partial charge is 0.338 e. The fraction of sp³-hybridized carbons (Fsp3) is 0.458. The Morgan fingerprint density at radius 2 is 1.52 bits per heavy atom. The second-order valence-corrected chi connectivity index (χ2v) is 7.10. The van der Waals surface area contributed by atoms with Gasteiger partial charge in [-0.2, -0.15) is 0 Å².